The van der Waals surface area contributed by atoms with Crippen molar-refractivity contribution in [1.29, 1.82) is 0 Å². The number of nitrogens with two attached hydrogens (primary N) is 1. The summed E-state index contributed by atoms with van der Waals surface area (Å²) in [5, 5.41) is 3.55. The van der Waals surface area contributed by atoms with Crippen molar-refractivity contribution in [1.82, 2.24) is 0 Å². The molecule has 0 fully saturated rings. The highest BCUT2D eigenvalue weighted by Gasteiger charge is 2.26. The molecule has 1 aliphatic rings. The van der Waals surface area contributed by atoms with Gasteiger partial charge in [0.1, 0.15) is 18.0 Å². The first kappa shape index (κ1) is 20.8. The normalized spacial score (nSPS) is 13.1. The Labute approximate surface area is 188 Å². The predicted molar refractivity (Wildman–Crippen MR) is 124 cm³/mol. The molecule has 7 heteroatoms. The SMILES string of the molecule is Cc1cc(C(C)Nc2cccc(F)c2C(N)=O)c2oc3c(c(=O)c2c1)OCc1ccccc1-3. The monoisotopic (exact) mass is 444 g/mol. The second-order valence-electron chi connectivity index (χ2n) is 8.16. The summed E-state index contributed by atoms with van der Waals surface area (Å²) in [5.74, 6) is -0.996. The van der Waals surface area contributed by atoms with Gasteiger partial charge in [-0.3, -0.25) is 9.59 Å². The molecule has 1 atom stereocenters. The zero-order chi connectivity index (χ0) is 23.3. The molecule has 1 amide bonds. The van der Waals surface area contributed by atoms with E-state index in [0.29, 0.717) is 28.9 Å². The van der Waals surface area contributed by atoms with Crippen molar-refractivity contribution in [3.63, 3.8) is 0 Å². The number of fused-ring (bicyclic) bond motifs is 4. The van der Waals surface area contributed by atoms with Crippen molar-refractivity contribution in [2.45, 2.75) is 26.5 Å². The number of hydrogen-bond donors (Lipinski definition) is 2. The molecule has 1 aliphatic heterocycles. The number of aryl methyl sites for hydroxylation is 1. The van der Waals surface area contributed by atoms with Gasteiger partial charge in [-0.2, -0.15) is 0 Å². The van der Waals surface area contributed by atoms with E-state index in [4.69, 9.17) is 14.9 Å². The minimum Gasteiger partial charge on any atom is -0.481 e. The van der Waals surface area contributed by atoms with Gasteiger partial charge >= 0.3 is 0 Å². The lowest BCUT2D eigenvalue weighted by atomic mass is 9.98. The van der Waals surface area contributed by atoms with Gasteiger partial charge < -0.3 is 20.2 Å². The second-order valence-corrected chi connectivity index (χ2v) is 8.16. The summed E-state index contributed by atoms with van der Waals surface area (Å²) < 4.78 is 26.3. The van der Waals surface area contributed by atoms with E-state index in [0.717, 1.165) is 16.7 Å². The van der Waals surface area contributed by atoms with E-state index in [1.807, 2.05) is 44.2 Å². The number of halogens is 1. The lowest BCUT2D eigenvalue weighted by molar-refractivity contribution is 0.0997. The summed E-state index contributed by atoms with van der Waals surface area (Å²) in [6, 6.07) is 15.1. The molecule has 1 aromatic heterocycles. The highest BCUT2D eigenvalue weighted by Crippen LogP contribution is 2.39. The van der Waals surface area contributed by atoms with Crippen LogP contribution in [-0.4, -0.2) is 5.91 Å². The van der Waals surface area contributed by atoms with Crippen molar-refractivity contribution in [2.75, 3.05) is 5.32 Å². The van der Waals surface area contributed by atoms with Crippen molar-refractivity contribution >= 4 is 22.6 Å². The summed E-state index contributed by atoms with van der Waals surface area (Å²) >= 11 is 0. The third-order valence-corrected chi connectivity index (χ3v) is 5.86. The van der Waals surface area contributed by atoms with Crippen LogP contribution in [0.2, 0.25) is 0 Å². The summed E-state index contributed by atoms with van der Waals surface area (Å²) in [6.07, 6.45) is 0. The average molecular weight is 444 g/mol. The third-order valence-electron chi connectivity index (χ3n) is 5.86. The number of ether oxygens (including phenoxy) is 1. The Morgan fingerprint density at radius 1 is 1.15 bits per heavy atom. The Kier molecular flexibility index (Phi) is 4.89. The van der Waals surface area contributed by atoms with Gasteiger partial charge in [-0.25, -0.2) is 4.39 Å². The zero-order valence-corrected chi connectivity index (χ0v) is 18.1. The van der Waals surface area contributed by atoms with E-state index < -0.39 is 17.8 Å². The lowest BCUT2D eigenvalue weighted by Gasteiger charge is -2.22. The molecule has 6 nitrogen and oxygen atoms in total. The quantitative estimate of drug-likeness (QED) is 0.458. The van der Waals surface area contributed by atoms with Crippen molar-refractivity contribution in [3.8, 4) is 17.1 Å². The maximum absolute atomic E-state index is 14.2. The zero-order valence-electron chi connectivity index (χ0n) is 18.1. The number of nitrogens with one attached hydrogen (secondary N) is 1. The molecule has 3 N–H and O–H groups in total. The van der Waals surface area contributed by atoms with Gasteiger partial charge in [0.2, 0.25) is 11.2 Å². The van der Waals surface area contributed by atoms with E-state index in [1.54, 1.807) is 12.1 Å². The number of primary amides is 1. The van der Waals surface area contributed by atoms with Crippen LogP contribution in [0.4, 0.5) is 10.1 Å². The highest BCUT2D eigenvalue weighted by molar-refractivity contribution is 5.99. The number of amides is 1. The fourth-order valence-electron chi connectivity index (χ4n) is 4.31. The molecule has 0 aliphatic carbocycles. The van der Waals surface area contributed by atoms with Crippen LogP contribution in [-0.2, 0) is 6.61 Å². The molecule has 4 aromatic rings. The van der Waals surface area contributed by atoms with E-state index in [-0.39, 0.29) is 22.4 Å². The van der Waals surface area contributed by atoms with Gasteiger partial charge in [0, 0.05) is 16.7 Å². The van der Waals surface area contributed by atoms with Gasteiger partial charge in [-0.15, -0.1) is 0 Å². The molecule has 3 aromatic carbocycles. The first-order chi connectivity index (χ1) is 15.8. The van der Waals surface area contributed by atoms with Gasteiger partial charge in [0.25, 0.3) is 5.91 Å². The van der Waals surface area contributed by atoms with Gasteiger partial charge in [-0.1, -0.05) is 36.4 Å². The van der Waals surface area contributed by atoms with Crippen LogP contribution in [0, 0.1) is 12.7 Å². The fraction of sp³-hybridized carbons (Fsp3) is 0.154. The van der Waals surface area contributed by atoms with Crippen LogP contribution < -0.4 is 21.2 Å². The van der Waals surface area contributed by atoms with Gasteiger partial charge in [0.05, 0.1) is 22.7 Å². The third kappa shape index (κ3) is 3.42. The number of carbonyl (C=O) groups is 1. The Morgan fingerprint density at radius 2 is 1.94 bits per heavy atom. The Hall–Kier alpha value is -4.13. The summed E-state index contributed by atoms with van der Waals surface area (Å²) in [4.78, 5) is 25.2. The molecule has 5 rings (SSSR count). The summed E-state index contributed by atoms with van der Waals surface area (Å²) in [5.41, 5.74) is 8.87. The topological polar surface area (TPSA) is 94.6 Å². The number of hydrogen-bond acceptors (Lipinski definition) is 5. The van der Waals surface area contributed by atoms with E-state index in [2.05, 4.69) is 5.32 Å². The maximum Gasteiger partial charge on any atom is 0.253 e. The average Bonchev–Trinajstić information content (AvgIpc) is 2.79. The molecule has 0 bridgehead atoms. The van der Waals surface area contributed by atoms with Crippen LogP contribution in [0.3, 0.4) is 0 Å². The molecular formula is C26H21FN2O4. The summed E-state index contributed by atoms with van der Waals surface area (Å²) in [6.45, 7) is 4.01. The number of anilines is 1. The van der Waals surface area contributed by atoms with Crippen LogP contribution in [0.1, 0.15) is 40.0 Å². The fourth-order valence-corrected chi connectivity index (χ4v) is 4.31. The predicted octanol–water partition coefficient (Wildman–Crippen LogP) is 5.07. The highest BCUT2D eigenvalue weighted by atomic mass is 19.1. The molecule has 1 unspecified atom stereocenters. The largest absolute Gasteiger partial charge is 0.481 e. The number of carbonyl (C=O) groups excluding carboxylic acids is 1. The molecule has 0 saturated carbocycles. The Balaban J connectivity index is 1.69. The van der Waals surface area contributed by atoms with Crippen molar-refractivity contribution < 1.29 is 18.3 Å². The minimum atomic E-state index is -0.869. The first-order valence-electron chi connectivity index (χ1n) is 10.5. The molecule has 0 saturated heterocycles. The Morgan fingerprint density at radius 3 is 2.73 bits per heavy atom. The molecule has 0 spiro atoms. The Bertz CT molecular complexity index is 1490. The first-order valence-corrected chi connectivity index (χ1v) is 10.5. The summed E-state index contributed by atoms with van der Waals surface area (Å²) in [7, 11) is 0. The van der Waals surface area contributed by atoms with Crippen LogP contribution in [0.25, 0.3) is 22.3 Å². The van der Waals surface area contributed by atoms with Crippen molar-refractivity contribution in [3.05, 3.63) is 92.9 Å². The lowest BCUT2D eigenvalue weighted by Crippen LogP contribution is -2.19. The molecule has 0 radical (unpaired) electrons. The molecule has 2 heterocycles. The smallest absolute Gasteiger partial charge is 0.253 e. The van der Waals surface area contributed by atoms with Crippen LogP contribution in [0.5, 0.6) is 5.75 Å². The minimum absolute atomic E-state index is 0.194. The molecule has 33 heavy (non-hydrogen) atoms. The maximum atomic E-state index is 14.2. The van der Waals surface area contributed by atoms with Crippen molar-refractivity contribution in [2.24, 2.45) is 5.73 Å². The van der Waals surface area contributed by atoms with E-state index in [1.165, 1.54) is 12.1 Å². The number of benzene rings is 3. The van der Waals surface area contributed by atoms with Gasteiger partial charge in [-0.05, 0) is 37.6 Å². The van der Waals surface area contributed by atoms with Crippen LogP contribution >= 0.6 is 0 Å². The van der Waals surface area contributed by atoms with Crippen LogP contribution in [0.15, 0.2) is 63.8 Å². The second kappa shape index (κ2) is 7.78. The van der Waals surface area contributed by atoms with E-state index in [9.17, 15) is 14.0 Å². The van der Waals surface area contributed by atoms with Gasteiger partial charge in [0.15, 0.2) is 5.76 Å². The van der Waals surface area contributed by atoms with E-state index >= 15 is 0 Å². The standard InChI is InChI=1S/C26H21FN2O4/c1-13-10-17(14(2)29-20-9-5-8-19(27)21(20)26(28)31)23-18(11-13)22(30)25-24(33-23)16-7-4-3-6-15(16)12-32-25/h3-11,14,29H,12H2,1-2H3,(H2,28,31). The number of rotatable bonds is 4. The molecule has 166 valence electrons. The molecular weight excluding hydrogens is 423 g/mol.